The van der Waals surface area contributed by atoms with Crippen molar-refractivity contribution in [1.82, 2.24) is 0 Å². The van der Waals surface area contributed by atoms with Crippen LogP contribution < -0.4 is 4.74 Å². The number of rotatable bonds is 4. The van der Waals surface area contributed by atoms with Gasteiger partial charge in [-0.3, -0.25) is 0 Å². The van der Waals surface area contributed by atoms with Crippen LogP contribution in [0.1, 0.15) is 22.6 Å². The van der Waals surface area contributed by atoms with Crippen LogP contribution in [0.3, 0.4) is 0 Å². The summed E-state index contributed by atoms with van der Waals surface area (Å²) in [6.45, 7) is 0.710. The minimum atomic E-state index is -0.203. The van der Waals surface area contributed by atoms with Crippen LogP contribution in [0.4, 0.5) is 4.39 Å². The van der Waals surface area contributed by atoms with E-state index in [1.165, 1.54) is 11.6 Å². The van der Waals surface area contributed by atoms with Gasteiger partial charge in [0.05, 0.1) is 6.61 Å². The first kappa shape index (κ1) is 14.9. The van der Waals surface area contributed by atoms with Crippen molar-refractivity contribution in [2.75, 3.05) is 11.9 Å². The summed E-state index contributed by atoms with van der Waals surface area (Å²) >= 11 is 9.74. The maximum atomic E-state index is 13.4. The first-order valence-corrected chi connectivity index (χ1v) is 8.43. The molecule has 2 aromatic rings. The van der Waals surface area contributed by atoms with Gasteiger partial charge in [0.15, 0.2) is 0 Å². The minimum absolute atomic E-state index is 0.187. The molecule has 0 N–H and O–H groups in total. The molecule has 0 aliphatic carbocycles. The van der Waals surface area contributed by atoms with Crippen LogP contribution in [0.25, 0.3) is 0 Å². The Kier molecular flexibility index (Phi) is 4.51. The molecular weight excluding hydrogens is 355 g/mol. The van der Waals surface area contributed by atoms with E-state index in [1.807, 2.05) is 18.2 Å². The van der Waals surface area contributed by atoms with Crippen LogP contribution in [0.15, 0.2) is 36.4 Å². The van der Waals surface area contributed by atoms with E-state index in [-0.39, 0.29) is 11.7 Å². The van der Waals surface area contributed by atoms with Crippen molar-refractivity contribution in [1.29, 1.82) is 0 Å². The summed E-state index contributed by atoms with van der Waals surface area (Å²) in [7, 11) is 0. The zero-order valence-electron chi connectivity index (χ0n) is 11.4. The van der Waals surface area contributed by atoms with Gasteiger partial charge in [-0.15, -0.1) is 0 Å². The summed E-state index contributed by atoms with van der Waals surface area (Å²) in [5.74, 6) is 0.945. The molecule has 0 radical (unpaired) electrons. The molecule has 0 saturated heterocycles. The normalized spacial score (nSPS) is 14.6. The molecule has 1 aliphatic rings. The molecule has 1 heterocycles. The van der Waals surface area contributed by atoms with Crippen molar-refractivity contribution in [2.24, 2.45) is 0 Å². The van der Waals surface area contributed by atoms with Gasteiger partial charge in [-0.05, 0) is 53.3 Å². The molecule has 1 nitrogen and oxygen atoms in total. The van der Waals surface area contributed by atoms with Gasteiger partial charge >= 0.3 is 0 Å². The van der Waals surface area contributed by atoms with E-state index < -0.39 is 0 Å². The molecular formula is C17H15BrClFO. The average molecular weight is 370 g/mol. The third kappa shape index (κ3) is 3.24. The van der Waals surface area contributed by atoms with Crippen LogP contribution >= 0.6 is 27.5 Å². The second-order valence-electron chi connectivity index (χ2n) is 5.26. The quantitative estimate of drug-likeness (QED) is 0.678. The molecule has 2 aromatic carbocycles. The summed E-state index contributed by atoms with van der Waals surface area (Å²) in [4.78, 5) is 0. The van der Waals surface area contributed by atoms with E-state index in [2.05, 4.69) is 15.9 Å². The Balaban J connectivity index is 1.91. The highest BCUT2D eigenvalue weighted by Crippen LogP contribution is 2.36. The first-order chi connectivity index (χ1) is 10.2. The van der Waals surface area contributed by atoms with Gasteiger partial charge in [0.1, 0.15) is 11.6 Å². The Bertz CT molecular complexity index is 659. The van der Waals surface area contributed by atoms with Gasteiger partial charge < -0.3 is 4.74 Å². The number of benzene rings is 2. The van der Waals surface area contributed by atoms with E-state index in [9.17, 15) is 4.39 Å². The molecule has 0 amide bonds. The van der Waals surface area contributed by atoms with Gasteiger partial charge in [0, 0.05) is 16.8 Å². The van der Waals surface area contributed by atoms with Crippen LogP contribution in [-0.2, 0) is 12.8 Å². The Morgan fingerprint density at radius 1 is 1.29 bits per heavy atom. The maximum absolute atomic E-state index is 13.4. The van der Waals surface area contributed by atoms with Gasteiger partial charge in [-0.25, -0.2) is 4.39 Å². The van der Waals surface area contributed by atoms with Crippen LogP contribution in [0.5, 0.6) is 5.75 Å². The predicted octanol–water partition coefficient (Wildman–Crippen LogP) is 5.14. The van der Waals surface area contributed by atoms with Crippen LogP contribution in [0.2, 0.25) is 5.02 Å². The molecule has 0 spiro atoms. The number of ether oxygens (including phenoxy) is 1. The molecule has 21 heavy (non-hydrogen) atoms. The molecule has 0 bridgehead atoms. The third-order valence-corrected chi connectivity index (χ3v) is 4.80. The average Bonchev–Trinajstić information content (AvgIpc) is 2.92. The summed E-state index contributed by atoms with van der Waals surface area (Å²) in [6.07, 6.45) is 1.68. The number of hydrogen-bond donors (Lipinski definition) is 0. The summed E-state index contributed by atoms with van der Waals surface area (Å²) in [6, 6.07) is 10.7. The van der Waals surface area contributed by atoms with E-state index in [1.54, 1.807) is 12.1 Å². The van der Waals surface area contributed by atoms with E-state index in [0.29, 0.717) is 6.61 Å². The van der Waals surface area contributed by atoms with E-state index >= 15 is 0 Å². The lowest BCUT2D eigenvalue weighted by Gasteiger charge is -2.17. The van der Waals surface area contributed by atoms with Crippen molar-refractivity contribution < 1.29 is 9.13 Å². The number of fused-ring (bicyclic) bond motifs is 1. The van der Waals surface area contributed by atoms with E-state index in [0.717, 1.165) is 40.1 Å². The minimum Gasteiger partial charge on any atom is -0.493 e. The number of hydrogen-bond acceptors (Lipinski definition) is 1. The highest BCUT2D eigenvalue weighted by molar-refractivity contribution is 9.09. The lowest BCUT2D eigenvalue weighted by atomic mass is 9.92. The fourth-order valence-electron chi connectivity index (χ4n) is 2.79. The van der Waals surface area contributed by atoms with Crippen molar-refractivity contribution in [2.45, 2.75) is 18.8 Å². The van der Waals surface area contributed by atoms with Crippen LogP contribution in [-0.4, -0.2) is 11.9 Å². The Morgan fingerprint density at radius 3 is 2.90 bits per heavy atom. The predicted molar refractivity (Wildman–Crippen MR) is 87.3 cm³/mol. The SMILES string of the molecule is Fc1cccc(C(CBr)Cc2cc(Cl)cc3c2OCC3)c1. The van der Waals surface area contributed by atoms with Crippen molar-refractivity contribution in [3.63, 3.8) is 0 Å². The molecule has 4 heteroatoms. The summed E-state index contributed by atoms with van der Waals surface area (Å²) < 4.78 is 19.2. The van der Waals surface area contributed by atoms with E-state index in [4.69, 9.17) is 16.3 Å². The standard InChI is InChI=1S/C17H15BrClFO/c18-10-14(11-2-1-3-16(20)9-11)6-13-8-15(19)7-12-4-5-21-17(12)13/h1-3,7-9,14H,4-6,10H2. The lowest BCUT2D eigenvalue weighted by Crippen LogP contribution is -2.06. The Hall–Kier alpha value is -1.06. The Labute approximate surface area is 137 Å². The van der Waals surface area contributed by atoms with Gasteiger partial charge in [-0.1, -0.05) is 39.7 Å². The lowest BCUT2D eigenvalue weighted by molar-refractivity contribution is 0.353. The summed E-state index contributed by atoms with van der Waals surface area (Å²) in [5.41, 5.74) is 3.26. The maximum Gasteiger partial charge on any atom is 0.125 e. The molecule has 0 aromatic heterocycles. The second-order valence-corrected chi connectivity index (χ2v) is 6.35. The summed E-state index contributed by atoms with van der Waals surface area (Å²) in [5, 5.41) is 1.50. The monoisotopic (exact) mass is 368 g/mol. The smallest absolute Gasteiger partial charge is 0.125 e. The molecule has 3 rings (SSSR count). The second kappa shape index (κ2) is 6.37. The first-order valence-electron chi connectivity index (χ1n) is 6.93. The molecule has 1 atom stereocenters. The van der Waals surface area contributed by atoms with Gasteiger partial charge in [0.2, 0.25) is 0 Å². The van der Waals surface area contributed by atoms with Crippen molar-refractivity contribution in [3.05, 3.63) is 63.9 Å². The fraction of sp³-hybridized carbons (Fsp3) is 0.294. The topological polar surface area (TPSA) is 9.23 Å². The fourth-order valence-corrected chi connectivity index (χ4v) is 3.65. The molecule has 0 saturated carbocycles. The van der Waals surface area contributed by atoms with Gasteiger partial charge in [0.25, 0.3) is 0 Å². The van der Waals surface area contributed by atoms with Crippen molar-refractivity contribution in [3.8, 4) is 5.75 Å². The Morgan fingerprint density at radius 2 is 2.14 bits per heavy atom. The van der Waals surface area contributed by atoms with Crippen LogP contribution in [0, 0.1) is 5.82 Å². The zero-order valence-corrected chi connectivity index (χ0v) is 13.8. The third-order valence-electron chi connectivity index (χ3n) is 3.80. The highest BCUT2D eigenvalue weighted by atomic mass is 79.9. The molecule has 0 fully saturated rings. The highest BCUT2D eigenvalue weighted by Gasteiger charge is 2.21. The zero-order chi connectivity index (χ0) is 14.8. The number of alkyl halides is 1. The number of halogens is 3. The largest absolute Gasteiger partial charge is 0.493 e. The molecule has 110 valence electrons. The molecule has 1 unspecified atom stereocenters. The molecule has 1 aliphatic heterocycles. The van der Waals surface area contributed by atoms with Gasteiger partial charge in [-0.2, -0.15) is 0 Å². The van der Waals surface area contributed by atoms with Crippen molar-refractivity contribution >= 4 is 27.5 Å².